The standard InChI is InChI=1S/C21H23N3O2/c1-14(2)18-9-8-17(10-15(18)3)26-13-21(25)24-23-12-16-11-22-20-7-5-4-6-19(16)20/h4-12,14,22H,13H2,1-3H3,(H,24,25)/b23-12+. The fraction of sp³-hybridized carbons (Fsp3) is 0.238. The van der Waals surface area contributed by atoms with E-state index in [9.17, 15) is 4.79 Å². The van der Waals surface area contributed by atoms with Crippen molar-refractivity contribution in [3.63, 3.8) is 0 Å². The number of amides is 1. The van der Waals surface area contributed by atoms with E-state index in [0.29, 0.717) is 11.7 Å². The van der Waals surface area contributed by atoms with Crippen molar-refractivity contribution in [1.82, 2.24) is 10.4 Å². The molecule has 5 nitrogen and oxygen atoms in total. The summed E-state index contributed by atoms with van der Waals surface area (Å²) >= 11 is 0. The van der Waals surface area contributed by atoms with Crippen LogP contribution in [0.25, 0.3) is 10.9 Å². The van der Waals surface area contributed by atoms with Crippen LogP contribution >= 0.6 is 0 Å². The lowest BCUT2D eigenvalue weighted by Gasteiger charge is -2.12. The minimum Gasteiger partial charge on any atom is -0.484 e. The molecular formula is C21H23N3O2. The average molecular weight is 349 g/mol. The highest BCUT2D eigenvalue weighted by atomic mass is 16.5. The van der Waals surface area contributed by atoms with Gasteiger partial charge in [0.2, 0.25) is 0 Å². The molecule has 0 bridgehead atoms. The van der Waals surface area contributed by atoms with E-state index in [4.69, 9.17) is 4.74 Å². The summed E-state index contributed by atoms with van der Waals surface area (Å²) in [5.41, 5.74) is 6.89. The van der Waals surface area contributed by atoms with Gasteiger partial charge >= 0.3 is 0 Å². The number of aromatic amines is 1. The average Bonchev–Trinajstić information content (AvgIpc) is 3.03. The van der Waals surface area contributed by atoms with Crippen molar-refractivity contribution in [2.45, 2.75) is 26.7 Å². The van der Waals surface area contributed by atoms with E-state index < -0.39 is 0 Å². The van der Waals surface area contributed by atoms with Gasteiger partial charge in [-0.1, -0.05) is 38.1 Å². The maximum absolute atomic E-state index is 11.9. The maximum atomic E-state index is 11.9. The molecule has 1 aromatic heterocycles. The Kier molecular flexibility index (Phi) is 5.37. The number of hydrogen-bond acceptors (Lipinski definition) is 3. The van der Waals surface area contributed by atoms with Gasteiger partial charge in [-0.25, -0.2) is 5.43 Å². The number of carbonyl (C=O) groups is 1. The molecule has 3 aromatic rings. The zero-order valence-corrected chi connectivity index (χ0v) is 15.2. The molecule has 2 N–H and O–H groups in total. The molecule has 0 unspecified atom stereocenters. The predicted molar refractivity (Wildman–Crippen MR) is 105 cm³/mol. The first-order valence-electron chi connectivity index (χ1n) is 8.66. The number of benzene rings is 2. The summed E-state index contributed by atoms with van der Waals surface area (Å²) in [6.45, 7) is 6.28. The first kappa shape index (κ1) is 17.7. The SMILES string of the molecule is Cc1cc(OCC(=O)N/N=C/c2c[nH]c3ccccc23)ccc1C(C)C. The summed E-state index contributed by atoms with van der Waals surface area (Å²) in [4.78, 5) is 15.1. The number of nitrogens with one attached hydrogen (secondary N) is 2. The van der Waals surface area contributed by atoms with Gasteiger partial charge in [0.1, 0.15) is 5.75 Å². The summed E-state index contributed by atoms with van der Waals surface area (Å²) < 4.78 is 5.55. The molecule has 0 saturated carbocycles. The first-order valence-corrected chi connectivity index (χ1v) is 8.66. The zero-order valence-electron chi connectivity index (χ0n) is 15.2. The van der Waals surface area contributed by atoms with Gasteiger partial charge in [0.15, 0.2) is 6.61 Å². The third-order valence-corrected chi connectivity index (χ3v) is 4.25. The number of aromatic nitrogens is 1. The molecule has 0 aliphatic rings. The third kappa shape index (κ3) is 4.11. The van der Waals surface area contributed by atoms with Crippen LogP contribution in [0.15, 0.2) is 53.8 Å². The molecule has 0 spiro atoms. The Balaban J connectivity index is 1.54. The Bertz CT molecular complexity index is 941. The second-order valence-electron chi connectivity index (χ2n) is 6.54. The van der Waals surface area contributed by atoms with Crippen LogP contribution < -0.4 is 10.2 Å². The Labute approximate surface area is 153 Å². The first-order chi connectivity index (χ1) is 12.5. The summed E-state index contributed by atoms with van der Waals surface area (Å²) in [6.07, 6.45) is 3.48. The number of carbonyl (C=O) groups excluding carboxylic acids is 1. The van der Waals surface area contributed by atoms with Gasteiger partial charge in [-0.3, -0.25) is 4.79 Å². The largest absolute Gasteiger partial charge is 0.484 e. The van der Waals surface area contributed by atoms with Gasteiger partial charge in [-0.05, 0) is 42.2 Å². The van der Waals surface area contributed by atoms with Gasteiger partial charge in [0, 0.05) is 22.7 Å². The van der Waals surface area contributed by atoms with E-state index in [0.717, 1.165) is 22.0 Å². The number of hydrogen-bond donors (Lipinski definition) is 2. The van der Waals surface area contributed by atoms with Gasteiger partial charge in [0.05, 0.1) is 6.21 Å². The lowest BCUT2D eigenvalue weighted by molar-refractivity contribution is -0.123. The quantitative estimate of drug-likeness (QED) is 0.519. The molecule has 0 fully saturated rings. The van der Waals surface area contributed by atoms with Crippen molar-refractivity contribution >= 4 is 23.0 Å². The van der Waals surface area contributed by atoms with Crippen LogP contribution in [0.3, 0.4) is 0 Å². The smallest absolute Gasteiger partial charge is 0.277 e. The number of fused-ring (bicyclic) bond motifs is 1. The van der Waals surface area contributed by atoms with Crippen LogP contribution in [0.4, 0.5) is 0 Å². The summed E-state index contributed by atoms with van der Waals surface area (Å²) in [5.74, 6) is 0.848. The predicted octanol–water partition coefficient (Wildman–Crippen LogP) is 4.13. The van der Waals surface area contributed by atoms with Gasteiger partial charge < -0.3 is 9.72 Å². The second-order valence-corrected chi connectivity index (χ2v) is 6.54. The van der Waals surface area contributed by atoms with Crippen LogP contribution in [0.2, 0.25) is 0 Å². The number of H-pyrrole nitrogens is 1. The van der Waals surface area contributed by atoms with E-state index in [-0.39, 0.29) is 12.5 Å². The Hall–Kier alpha value is -3.08. The fourth-order valence-corrected chi connectivity index (χ4v) is 2.94. The minimum absolute atomic E-state index is 0.0777. The van der Waals surface area contributed by atoms with Crippen LogP contribution in [-0.2, 0) is 4.79 Å². The fourth-order valence-electron chi connectivity index (χ4n) is 2.94. The highest BCUT2D eigenvalue weighted by molar-refractivity contribution is 5.99. The number of rotatable bonds is 6. The summed E-state index contributed by atoms with van der Waals surface area (Å²) in [6, 6.07) is 13.8. The molecule has 1 amide bonds. The highest BCUT2D eigenvalue weighted by Gasteiger charge is 2.06. The topological polar surface area (TPSA) is 66.5 Å². The highest BCUT2D eigenvalue weighted by Crippen LogP contribution is 2.23. The summed E-state index contributed by atoms with van der Waals surface area (Å²) in [5, 5.41) is 5.06. The van der Waals surface area contributed by atoms with E-state index in [1.807, 2.05) is 55.6 Å². The van der Waals surface area contributed by atoms with Crippen molar-refractivity contribution in [2.24, 2.45) is 5.10 Å². The number of aryl methyl sites for hydroxylation is 1. The van der Waals surface area contributed by atoms with Crippen molar-refractivity contribution in [2.75, 3.05) is 6.61 Å². The Morgan fingerprint density at radius 2 is 2.08 bits per heavy atom. The molecular weight excluding hydrogens is 326 g/mol. The monoisotopic (exact) mass is 349 g/mol. The normalized spacial score (nSPS) is 11.4. The number of hydrazone groups is 1. The van der Waals surface area contributed by atoms with E-state index >= 15 is 0 Å². The molecule has 0 saturated heterocycles. The molecule has 2 aromatic carbocycles. The zero-order chi connectivity index (χ0) is 18.5. The molecule has 26 heavy (non-hydrogen) atoms. The van der Waals surface area contributed by atoms with Gasteiger partial charge in [0.25, 0.3) is 5.91 Å². The van der Waals surface area contributed by atoms with Crippen LogP contribution in [0.1, 0.15) is 36.5 Å². The van der Waals surface area contributed by atoms with E-state index in [1.165, 1.54) is 5.56 Å². The van der Waals surface area contributed by atoms with Crippen molar-refractivity contribution in [3.05, 3.63) is 65.4 Å². The second kappa shape index (κ2) is 7.87. The molecule has 0 radical (unpaired) electrons. The molecule has 3 rings (SSSR count). The van der Waals surface area contributed by atoms with Gasteiger partial charge in [-0.15, -0.1) is 0 Å². The molecule has 5 heteroatoms. The lowest BCUT2D eigenvalue weighted by Crippen LogP contribution is -2.24. The number of nitrogens with zero attached hydrogens (tertiary/aromatic N) is 1. The maximum Gasteiger partial charge on any atom is 0.277 e. The van der Waals surface area contributed by atoms with Crippen molar-refractivity contribution in [3.8, 4) is 5.75 Å². The number of ether oxygens (including phenoxy) is 1. The van der Waals surface area contributed by atoms with Crippen LogP contribution in [-0.4, -0.2) is 23.7 Å². The Morgan fingerprint density at radius 1 is 1.27 bits per heavy atom. The van der Waals surface area contributed by atoms with Crippen molar-refractivity contribution < 1.29 is 9.53 Å². The van der Waals surface area contributed by atoms with E-state index in [2.05, 4.69) is 29.4 Å². The summed E-state index contributed by atoms with van der Waals surface area (Å²) in [7, 11) is 0. The third-order valence-electron chi connectivity index (χ3n) is 4.25. The molecule has 0 aliphatic carbocycles. The van der Waals surface area contributed by atoms with Crippen molar-refractivity contribution in [1.29, 1.82) is 0 Å². The minimum atomic E-state index is -0.299. The van der Waals surface area contributed by atoms with Gasteiger partial charge in [-0.2, -0.15) is 5.10 Å². The van der Waals surface area contributed by atoms with Crippen LogP contribution in [0, 0.1) is 6.92 Å². The molecule has 1 heterocycles. The Morgan fingerprint density at radius 3 is 2.85 bits per heavy atom. The molecule has 0 atom stereocenters. The molecule has 134 valence electrons. The lowest BCUT2D eigenvalue weighted by atomic mass is 9.98. The number of para-hydroxylation sites is 1. The van der Waals surface area contributed by atoms with E-state index in [1.54, 1.807) is 6.21 Å². The van der Waals surface area contributed by atoms with Crippen LogP contribution in [0.5, 0.6) is 5.75 Å². The molecule has 0 aliphatic heterocycles.